The highest BCUT2D eigenvalue weighted by Crippen LogP contribution is 2.19. The fourth-order valence-corrected chi connectivity index (χ4v) is 2.32. The van der Waals surface area contributed by atoms with E-state index in [1.165, 1.54) is 6.08 Å². The summed E-state index contributed by atoms with van der Waals surface area (Å²) >= 11 is 0. The molecule has 1 aromatic carbocycles. The first-order chi connectivity index (χ1) is 12.5. The molecule has 26 heavy (non-hydrogen) atoms. The molecule has 8 nitrogen and oxygen atoms in total. The van der Waals surface area contributed by atoms with Gasteiger partial charge >= 0.3 is 5.97 Å². The summed E-state index contributed by atoms with van der Waals surface area (Å²) < 4.78 is 7.25. The van der Waals surface area contributed by atoms with Gasteiger partial charge in [-0.2, -0.15) is 15.1 Å². The zero-order valence-electron chi connectivity index (χ0n) is 14.0. The number of aromatic nitrogens is 4. The summed E-state index contributed by atoms with van der Waals surface area (Å²) in [6, 6.07) is 11.3. The average Bonchev–Trinajstić information content (AvgIpc) is 2.99. The molecule has 132 valence electrons. The van der Waals surface area contributed by atoms with Crippen LogP contribution in [-0.4, -0.2) is 30.8 Å². The third-order valence-electron chi connectivity index (χ3n) is 3.61. The Labute approximate surface area is 149 Å². The van der Waals surface area contributed by atoms with Crippen molar-refractivity contribution in [2.45, 2.75) is 13.5 Å². The highest BCUT2D eigenvalue weighted by atomic mass is 16.5. The Morgan fingerprint density at radius 2 is 2.08 bits per heavy atom. The first-order valence-electron chi connectivity index (χ1n) is 7.80. The van der Waals surface area contributed by atoms with Crippen molar-refractivity contribution in [3.05, 3.63) is 65.5 Å². The number of aliphatic carboxylic acids is 1. The second-order valence-corrected chi connectivity index (χ2v) is 5.47. The predicted octanol–water partition coefficient (Wildman–Crippen LogP) is 2.23. The molecule has 0 saturated heterocycles. The fourth-order valence-electron chi connectivity index (χ4n) is 2.32. The molecule has 3 aromatic rings. The minimum atomic E-state index is -1.03. The summed E-state index contributed by atoms with van der Waals surface area (Å²) in [5.41, 5.74) is 8.17. The Morgan fingerprint density at radius 1 is 1.31 bits per heavy atom. The Kier molecular flexibility index (Phi) is 4.93. The highest BCUT2D eigenvalue weighted by Gasteiger charge is 2.11. The minimum absolute atomic E-state index is 0.0584. The van der Waals surface area contributed by atoms with Crippen LogP contribution >= 0.6 is 0 Å². The SMILES string of the molecule is Cc1c(/C=C/C(=O)O)cnn1-c1cc(OCc2ccccc2)nc(N)n1. The molecule has 0 aliphatic heterocycles. The van der Waals surface area contributed by atoms with Gasteiger partial charge in [-0.3, -0.25) is 0 Å². The fraction of sp³-hybridized carbons (Fsp3) is 0.111. The van der Waals surface area contributed by atoms with Crippen LogP contribution in [0.5, 0.6) is 5.88 Å². The van der Waals surface area contributed by atoms with Crippen molar-refractivity contribution < 1.29 is 14.6 Å². The van der Waals surface area contributed by atoms with Crippen molar-refractivity contribution in [3.8, 4) is 11.7 Å². The number of benzene rings is 1. The zero-order chi connectivity index (χ0) is 18.5. The monoisotopic (exact) mass is 351 g/mol. The summed E-state index contributed by atoms with van der Waals surface area (Å²) in [7, 11) is 0. The quantitative estimate of drug-likeness (QED) is 0.654. The number of nitrogens with zero attached hydrogens (tertiary/aromatic N) is 4. The van der Waals surface area contributed by atoms with Crippen LogP contribution in [0.2, 0.25) is 0 Å². The van der Waals surface area contributed by atoms with E-state index in [4.69, 9.17) is 15.6 Å². The molecule has 0 radical (unpaired) electrons. The van der Waals surface area contributed by atoms with Gasteiger partial charge in [0.05, 0.1) is 11.9 Å². The topological polar surface area (TPSA) is 116 Å². The van der Waals surface area contributed by atoms with E-state index in [1.807, 2.05) is 30.3 Å². The van der Waals surface area contributed by atoms with Crippen LogP contribution in [0, 0.1) is 6.92 Å². The van der Waals surface area contributed by atoms with Gasteiger partial charge in [-0.25, -0.2) is 9.48 Å². The van der Waals surface area contributed by atoms with Gasteiger partial charge in [0.25, 0.3) is 0 Å². The molecular formula is C18H17N5O3. The minimum Gasteiger partial charge on any atom is -0.478 e. The number of nitrogens with two attached hydrogens (primary N) is 1. The number of ether oxygens (including phenoxy) is 1. The van der Waals surface area contributed by atoms with E-state index in [2.05, 4.69) is 15.1 Å². The summed E-state index contributed by atoms with van der Waals surface area (Å²) in [4.78, 5) is 18.9. The van der Waals surface area contributed by atoms with E-state index in [9.17, 15) is 4.79 Å². The molecule has 0 bridgehead atoms. The van der Waals surface area contributed by atoms with Crippen LogP contribution in [0.4, 0.5) is 5.95 Å². The van der Waals surface area contributed by atoms with Crippen LogP contribution in [0.3, 0.4) is 0 Å². The van der Waals surface area contributed by atoms with Gasteiger partial charge < -0.3 is 15.6 Å². The number of carboxylic acid groups (broad SMARTS) is 1. The van der Waals surface area contributed by atoms with Crippen molar-refractivity contribution in [1.82, 2.24) is 19.7 Å². The van der Waals surface area contributed by atoms with E-state index in [0.717, 1.165) is 17.3 Å². The Morgan fingerprint density at radius 3 is 2.81 bits per heavy atom. The van der Waals surface area contributed by atoms with Gasteiger partial charge in [0.1, 0.15) is 6.61 Å². The van der Waals surface area contributed by atoms with E-state index >= 15 is 0 Å². The number of rotatable bonds is 6. The lowest BCUT2D eigenvalue weighted by Gasteiger charge is -2.09. The van der Waals surface area contributed by atoms with Gasteiger partial charge in [0.2, 0.25) is 11.8 Å². The van der Waals surface area contributed by atoms with Crippen molar-refractivity contribution in [2.24, 2.45) is 0 Å². The molecule has 0 amide bonds. The summed E-state index contributed by atoms with van der Waals surface area (Å²) in [5.74, 6) is -0.204. The maximum absolute atomic E-state index is 10.7. The van der Waals surface area contributed by atoms with Crippen LogP contribution < -0.4 is 10.5 Å². The lowest BCUT2D eigenvalue weighted by atomic mass is 10.2. The molecular weight excluding hydrogens is 334 g/mol. The van der Waals surface area contributed by atoms with Gasteiger partial charge in [-0.05, 0) is 18.6 Å². The number of hydrogen-bond acceptors (Lipinski definition) is 6. The summed E-state index contributed by atoms with van der Waals surface area (Å²) in [6.45, 7) is 2.15. The molecule has 2 heterocycles. The largest absolute Gasteiger partial charge is 0.478 e. The maximum atomic E-state index is 10.7. The smallest absolute Gasteiger partial charge is 0.328 e. The highest BCUT2D eigenvalue weighted by molar-refractivity contribution is 5.85. The summed E-state index contributed by atoms with van der Waals surface area (Å²) in [6.07, 6.45) is 4.08. The number of carboxylic acids is 1. The van der Waals surface area contributed by atoms with Crippen molar-refractivity contribution in [2.75, 3.05) is 5.73 Å². The predicted molar refractivity (Wildman–Crippen MR) is 95.7 cm³/mol. The molecule has 0 aliphatic rings. The van der Waals surface area contributed by atoms with Crippen molar-refractivity contribution >= 4 is 18.0 Å². The van der Waals surface area contributed by atoms with Gasteiger partial charge in [0.15, 0.2) is 5.82 Å². The molecule has 0 aliphatic carbocycles. The van der Waals surface area contributed by atoms with Gasteiger partial charge in [0, 0.05) is 17.7 Å². The molecule has 0 fully saturated rings. The first kappa shape index (κ1) is 17.2. The lowest BCUT2D eigenvalue weighted by Crippen LogP contribution is -2.07. The number of hydrogen-bond donors (Lipinski definition) is 2. The van der Waals surface area contributed by atoms with Gasteiger partial charge in [-0.1, -0.05) is 30.3 Å². The van der Waals surface area contributed by atoms with E-state index in [-0.39, 0.29) is 5.95 Å². The first-order valence-corrected chi connectivity index (χ1v) is 7.80. The van der Waals surface area contributed by atoms with E-state index in [0.29, 0.717) is 23.9 Å². The normalized spacial score (nSPS) is 11.0. The molecule has 3 rings (SSSR count). The Bertz CT molecular complexity index is 951. The zero-order valence-corrected chi connectivity index (χ0v) is 14.0. The Hall–Kier alpha value is -3.68. The van der Waals surface area contributed by atoms with Crippen molar-refractivity contribution in [1.29, 1.82) is 0 Å². The van der Waals surface area contributed by atoms with E-state index in [1.54, 1.807) is 23.9 Å². The van der Waals surface area contributed by atoms with Crippen molar-refractivity contribution in [3.63, 3.8) is 0 Å². The average molecular weight is 351 g/mol. The van der Waals surface area contributed by atoms with Crippen LogP contribution in [0.25, 0.3) is 11.9 Å². The number of nitrogen functional groups attached to an aromatic ring is 1. The van der Waals surface area contributed by atoms with Crippen LogP contribution in [0.1, 0.15) is 16.8 Å². The lowest BCUT2D eigenvalue weighted by molar-refractivity contribution is -0.131. The second kappa shape index (κ2) is 7.47. The van der Waals surface area contributed by atoms with Gasteiger partial charge in [-0.15, -0.1) is 0 Å². The van der Waals surface area contributed by atoms with Crippen LogP contribution in [0.15, 0.2) is 48.7 Å². The third kappa shape index (κ3) is 4.04. The molecule has 3 N–H and O–H groups in total. The molecule has 0 atom stereocenters. The molecule has 0 spiro atoms. The van der Waals surface area contributed by atoms with Crippen LogP contribution in [-0.2, 0) is 11.4 Å². The Balaban J connectivity index is 1.85. The molecule has 2 aromatic heterocycles. The standard InChI is InChI=1S/C18H17N5O3/c1-12-14(7-8-17(24)25)10-20-23(12)15-9-16(22-18(19)21-15)26-11-13-5-3-2-4-6-13/h2-10H,11H2,1H3,(H,24,25)(H2,19,21,22)/b8-7+. The number of carbonyl (C=O) groups is 1. The summed E-state index contributed by atoms with van der Waals surface area (Å²) in [5, 5.41) is 13.0. The molecule has 8 heteroatoms. The number of anilines is 1. The molecule has 0 saturated carbocycles. The third-order valence-corrected chi connectivity index (χ3v) is 3.61. The second-order valence-electron chi connectivity index (χ2n) is 5.47. The molecule has 0 unspecified atom stereocenters. The maximum Gasteiger partial charge on any atom is 0.328 e. The van der Waals surface area contributed by atoms with E-state index < -0.39 is 5.97 Å².